The van der Waals surface area contributed by atoms with Crippen molar-refractivity contribution in [1.29, 1.82) is 0 Å². The normalized spacial score (nSPS) is 21.2. The Bertz CT molecular complexity index is 778. The average Bonchev–Trinajstić information content (AvgIpc) is 2.90. The number of ketones is 1. The fourth-order valence-corrected chi connectivity index (χ4v) is 5.60. The molecule has 1 aliphatic rings. The Morgan fingerprint density at radius 2 is 1.85 bits per heavy atom. The van der Waals surface area contributed by atoms with Crippen molar-refractivity contribution in [2.45, 2.75) is 52.7 Å². The Kier molecular flexibility index (Phi) is 7.55. The molecule has 1 fully saturated rings. The van der Waals surface area contributed by atoms with Gasteiger partial charge in [-0.15, -0.1) is 11.3 Å². The standard InChI is InChI=1S/C18H28N2O5S2/c1-12-10-20(11-13(2)25-12)27(23,24)8-7-19-18(22)6-5-17(21)16-9-14(3)26-15(16)4/h9,12-13H,5-8,10-11H2,1-4H3,(H,19,22). The maximum atomic E-state index is 12.4. The predicted octanol–water partition coefficient (Wildman–Crippen LogP) is 1.88. The van der Waals surface area contributed by atoms with E-state index in [9.17, 15) is 18.0 Å². The number of sulfonamides is 1. The van der Waals surface area contributed by atoms with E-state index in [1.54, 1.807) is 11.3 Å². The number of rotatable bonds is 8. The minimum atomic E-state index is -3.45. The van der Waals surface area contributed by atoms with E-state index in [-0.39, 0.29) is 49.0 Å². The molecule has 1 N–H and O–H groups in total. The van der Waals surface area contributed by atoms with Gasteiger partial charge in [-0.2, -0.15) is 4.31 Å². The minimum Gasteiger partial charge on any atom is -0.373 e. The second-order valence-corrected chi connectivity index (χ2v) is 10.5. The van der Waals surface area contributed by atoms with Gasteiger partial charge in [0.2, 0.25) is 15.9 Å². The average molecular weight is 417 g/mol. The summed E-state index contributed by atoms with van der Waals surface area (Å²) in [4.78, 5) is 26.2. The monoisotopic (exact) mass is 416 g/mol. The number of nitrogens with zero attached hydrogens (tertiary/aromatic N) is 1. The number of morpholine rings is 1. The third-order valence-electron chi connectivity index (χ3n) is 4.38. The first-order valence-electron chi connectivity index (χ1n) is 9.08. The van der Waals surface area contributed by atoms with E-state index >= 15 is 0 Å². The van der Waals surface area contributed by atoms with Crippen LogP contribution in [0.2, 0.25) is 0 Å². The van der Waals surface area contributed by atoms with Crippen LogP contribution in [0.4, 0.5) is 0 Å². The van der Waals surface area contributed by atoms with Gasteiger partial charge in [-0.25, -0.2) is 8.42 Å². The van der Waals surface area contributed by atoms with Crippen LogP contribution in [0.15, 0.2) is 6.07 Å². The van der Waals surface area contributed by atoms with Gasteiger partial charge in [0.05, 0.1) is 18.0 Å². The molecule has 0 bridgehead atoms. The Hall–Kier alpha value is -1.29. The summed E-state index contributed by atoms with van der Waals surface area (Å²) in [7, 11) is -3.45. The maximum absolute atomic E-state index is 12.4. The van der Waals surface area contributed by atoms with Crippen molar-refractivity contribution >= 4 is 33.1 Å². The number of nitrogens with one attached hydrogen (secondary N) is 1. The molecule has 1 aromatic rings. The summed E-state index contributed by atoms with van der Waals surface area (Å²) >= 11 is 1.56. The number of hydrogen-bond acceptors (Lipinski definition) is 6. The van der Waals surface area contributed by atoms with Gasteiger partial charge < -0.3 is 10.1 Å². The van der Waals surface area contributed by atoms with E-state index in [0.717, 1.165) is 9.75 Å². The van der Waals surface area contributed by atoms with Gasteiger partial charge in [0.15, 0.2) is 5.78 Å². The number of thiophene rings is 1. The molecule has 2 rings (SSSR count). The summed E-state index contributed by atoms with van der Waals surface area (Å²) in [6, 6.07) is 1.84. The summed E-state index contributed by atoms with van der Waals surface area (Å²) < 4.78 is 31.8. The Morgan fingerprint density at radius 1 is 1.22 bits per heavy atom. The zero-order valence-electron chi connectivity index (χ0n) is 16.3. The SMILES string of the molecule is Cc1cc(C(=O)CCC(=O)NCCS(=O)(=O)N2CC(C)OC(C)C2)c(C)s1. The summed E-state index contributed by atoms with van der Waals surface area (Å²) in [6.07, 6.45) is -0.117. The summed E-state index contributed by atoms with van der Waals surface area (Å²) in [5.41, 5.74) is 0.670. The molecule has 1 aromatic heterocycles. The lowest BCUT2D eigenvalue weighted by molar-refractivity contribution is -0.120. The molecule has 0 aromatic carbocycles. The van der Waals surface area contributed by atoms with Gasteiger partial charge in [0.1, 0.15) is 0 Å². The lowest BCUT2D eigenvalue weighted by Gasteiger charge is -2.34. The second-order valence-electron chi connectivity index (χ2n) is 6.99. The molecule has 1 saturated heterocycles. The van der Waals surface area contributed by atoms with Gasteiger partial charge in [-0.3, -0.25) is 9.59 Å². The smallest absolute Gasteiger partial charge is 0.220 e. The lowest BCUT2D eigenvalue weighted by Crippen LogP contribution is -2.49. The van der Waals surface area contributed by atoms with Crippen LogP contribution in [0.25, 0.3) is 0 Å². The summed E-state index contributed by atoms with van der Waals surface area (Å²) in [5.74, 6) is -0.530. The van der Waals surface area contributed by atoms with Crippen LogP contribution in [0.3, 0.4) is 0 Å². The zero-order valence-corrected chi connectivity index (χ0v) is 17.9. The van der Waals surface area contributed by atoms with Crippen LogP contribution >= 0.6 is 11.3 Å². The number of Topliss-reactive ketones (excluding diaryl/α,β-unsaturated/α-hetero) is 1. The second kappa shape index (κ2) is 9.27. The van der Waals surface area contributed by atoms with Crippen molar-refractivity contribution in [3.05, 3.63) is 21.4 Å². The van der Waals surface area contributed by atoms with Gasteiger partial charge in [-0.1, -0.05) is 0 Å². The van der Waals surface area contributed by atoms with Crippen LogP contribution in [0, 0.1) is 13.8 Å². The van der Waals surface area contributed by atoms with Gasteiger partial charge in [0.25, 0.3) is 0 Å². The van der Waals surface area contributed by atoms with Crippen molar-refractivity contribution in [3.63, 3.8) is 0 Å². The van der Waals surface area contributed by atoms with E-state index in [4.69, 9.17) is 4.74 Å². The van der Waals surface area contributed by atoms with E-state index < -0.39 is 10.0 Å². The first-order valence-corrected chi connectivity index (χ1v) is 11.5. The molecule has 9 heteroatoms. The molecule has 1 aliphatic heterocycles. The molecule has 0 saturated carbocycles. The molecule has 1 amide bonds. The fourth-order valence-electron chi connectivity index (χ4n) is 3.16. The van der Waals surface area contributed by atoms with E-state index in [1.807, 2.05) is 33.8 Å². The number of ether oxygens (including phenoxy) is 1. The highest BCUT2D eigenvalue weighted by atomic mass is 32.2. The van der Waals surface area contributed by atoms with Crippen LogP contribution < -0.4 is 5.32 Å². The third-order valence-corrected chi connectivity index (χ3v) is 7.15. The summed E-state index contributed by atoms with van der Waals surface area (Å²) in [6.45, 7) is 8.21. The Labute approximate surface area is 165 Å². The van der Waals surface area contributed by atoms with Crippen molar-refractivity contribution < 1.29 is 22.7 Å². The Balaban J connectivity index is 1.75. The quantitative estimate of drug-likeness (QED) is 0.653. The lowest BCUT2D eigenvalue weighted by atomic mass is 10.1. The molecule has 2 heterocycles. The molecular weight excluding hydrogens is 388 g/mol. The minimum absolute atomic E-state index is 0.0338. The number of hydrogen-bond donors (Lipinski definition) is 1. The molecule has 0 aliphatic carbocycles. The van der Waals surface area contributed by atoms with Crippen LogP contribution in [0.1, 0.15) is 46.8 Å². The van der Waals surface area contributed by atoms with Crippen molar-refractivity contribution in [2.24, 2.45) is 0 Å². The van der Waals surface area contributed by atoms with E-state index in [2.05, 4.69) is 5.32 Å². The number of aryl methyl sites for hydroxylation is 2. The van der Waals surface area contributed by atoms with Gasteiger partial charge >= 0.3 is 0 Å². The zero-order chi connectivity index (χ0) is 20.2. The van der Waals surface area contributed by atoms with Crippen molar-refractivity contribution in [2.75, 3.05) is 25.4 Å². The molecule has 2 atom stereocenters. The molecule has 152 valence electrons. The molecular formula is C18H28N2O5S2. The maximum Gasteiger partial charge on any atom is 0.220 e. The highest BCUT2D eigenvalue weighted by Gasteiger charge is 2.30. The number of carbonyl (C=O) groups is 2. The molecule has 27 heavy (non-hydrogen) atoms. The first-order chi connectivity index (χ1) is 12.6. The summed E-state index contributed by atoms with van der Waals surface area (Å²) in [5, 5.41) is 2.60. The van der Waals surface area contributed by atoms with Crippen molar-refractivity contribution in [1.82, 2.24) is 9.62 Å². The highest BCUT2D eigenvalue weighted by Crippen LogP contribution is 2.22. The van der Waals surface area contributed by atoms with Crippen LogP contribution in [0.5, 0.6) is 0 Å². The fraction of sp³-hybridized carbons (Fsp3) is 0.667. The molecule has 0 spiro atoms. The molecule has 7 nitrogen and oxygen atoms in total. The Morgan fingerprint density at radius 3 is 2.41 bits per heavy atom. The van der Waals surface area contributed by atoms with Crippen molar-refractivity contribution in [3.8, 4) is 0 Å². The van der Waals surface area contributed by atoms with Gasteiger partial charge in [0, 0.05) is 47.8 Å². The van der Waals surface area contributed by atoms with E-state index in [1.165, 1.54) is 4.31 Å². The topological polar surface area (TPSA) is 92.8 Å². The van der Waals surface area contributed by atoms with E-state index in [0.29, 0.717) is 18.7 Å². The third kappa shape index (κ3) is 6.38. The molecule has 2 unspecified atom stereocenters. The molecule has 0 radical (unpaired) electrons. The predicted molar refractivity (Wildman–Crippen MR) is 106 cm³/mol. The first kappa shape index (κ1) is 22.0. The number of carbonyl (C=O) groups excluding carboxylic acids is 2. The van der Waals surface area contributed by atoms with Crippen LogP contribution in [-0.4, -0.2) is 62.0 Å². The largest absolute Gasteiger partial charge is 0.373 e. The highest BCUT2D eigenvalue weighted by molar-refractivity contribution is 7.89. The van der Waals surface area contributed by atoms with Gasteiger partial charge in [-0.05, 0) is 33.8 Å². The number of amides is 1. The van der Waals surface area contributed by atoms with Crippen LogP contribution in [-0.2, 0) is 19.6 Å².